The molecule has 1 unspecified atom stereocenters. The number of amides is 3. The molecule has 0 aromatic rings. The van der Waals surface area contributed by atoms with Crippen LogP contribution in [0.25, 0.3) is 0 Å². The molecule has 1 saturated heterocycles. The molecule has 0 aromatic heterocycles. The number of urea groups is 1. The Labute approximate surface area is 150 Å². The molecule has 144 valence electrons. The molecule has 7 heteroatoms. The maximum Gasteiger partial charge on any atom is 0.317 e. The Balaban J connectivity index is 2.20. The summed E-state index contributed by atoms with van der Waals surface area (Å²) in [6.45, 7) is 6.55. The fraction of sp³-hybridized carbons (Fsp3) is 0.833. The molecule has 1 aliphatic heterocycles. The normalized spacial score (nSPS) is 17.4. The van der Waals surface area contributed by atoms with E-state index in [1.807, 2.05) is 0 Å². The van der Waals surface area contributed by atoms with Crippen LogP contribution in [-0.2, 0) is 9.59 Å². The number of carboxylic acid groups (broad SMARTS) is 1. The minimum Gasteiger partial charge on any atom is -0.481 e. The van der Waals surface area contributed by atoms with E-state index in [4.69, 9.17) is 5.11 Å². The third-order valence-electron chi connectivity index (χ3n) is 4.36. The number of unbranched alkanes of at least 4 members (excludes halogenated alkanes) is 3. The minimum atomic E-state index is -0.757. The van der Waals surface area contributed by atoms with Gasteiger partial charge in [0.2, 0.25) is 5.91 Å². The van der Waals surface area contributed by atoms with Gasteiger partial charge in [-0.3, -0.25) is 9.59 Å². The lowest BCUT2D eigenvalue weighted by Gasteiger charge is -2.32. The number of aliphatic carboxylic acids is 1. The maximum atomic E-state index is 12.3. The summed E-state index contributed by atoms with van der Waals surface area (Å²) in [5, 5.41) is 14.4. The number of nitrogens with one attached hydrogen (secondary N) is 2. The van der Waals surface area contributed by atoms with Gasteiger partial charge in [0.25, 0.3) is 0 Å². The van der Waals surface area contributed by atoms with Gasteiger partial charge in [0.15, 0.2) is 0 Å². The van der Waals surface area contributed by atoms with E-state index < -0.39 is 5.97 Å². The molecular formula is C18H33N3O4. The van der Waals surface area contributed by atoms with Crippen LogP contribution in [-0.4, -0.2) is 54.1 Å². The van der Waals surface area contributed by atoms with E-state index >= 15 is 0 Å². The molecule has 1 aliphatic rings. The van der Waals surface area contributed by atoms with Gasteiger partial charge in [0.1, 0.15) is 0 Å². The summed E-state index contributed by atoms with van der Waals surface area (Å²) in [6.07, 6.45) is 5.21. The van der Waals surface area contributed by atoms with Crippen LogP contribution >= 0.6 is 0 Å². The lowest BCUT2D eigenvalue weighted by molar-refractivity contribution is -0.137. The first-order valence-electron chi connectivity index (χ1n) is 9.42. The smallest absolute Gasteiger partial charge is 0.317 e. The number of piperidine rings is 1. The number of hydrogen-bond acceptors (Lipinski definition) is 3. The third-order valence-corrected chi connectivity index (χ3v) is 4.36. The summed E-state index contributed by atoms with van der Waals surface area (Å²) < 4.78 is 0. The zero-order valence-corrected chi connectivity index (χ0v) is 15.6. The van der Waals surface area contributed by atoms with E-state index in [9.17, 15) is 14.4 Å². The molecule has 1 atom stereocenters. The fourth-order valence-electron chi connectivity index (χ4n) is 2.89. The highest BCUT2D eigenvalue weighted by atomic mass is 16.4. The Morgan fingerprint density at radius 2 is 1.84 bits per heavy atom. The van der Waals surface area contributed by atoms with Crippen molar-refractivity contribution >= 4 is 17.9 Å². The predicted molar refractivity (Wildman–Crippen MR) is 96.3 cm³/mol. The molecular weight excluding hydrogens is 322 g/mol. The van der Waals surface area contributed by atoms with Gasteiger partial charge in [0.05, 0.1) is 5.92 Å². The van der Waals surface area contributed by atoms with Gasteiger partial charge >= 0.3 is 12.0 Å². The summed E-state index contributed by atoms with van der Waals surface area (Å²) in [6, 6.07) is -0.0790. The number of nitrogens with zero attached hydrogens (tertiary/aromatic N) is 1. The van der Waals surface area contributed by atoms with Gasteiger partial charge in [-0.25, -0.2) is 4.79 Å². The highest BCUT2D eigenvalue weighted by Crippen LogP contribution is 2.17. The van der Waals surface area contributed by atoms with Crippen LogP contribution < -0.4 is 10.6 Å². The molecule has 0 aliphatic carbocycles. The highest BCUT2D eigenvalue weighted by Gasteiger charge is 2.28. The predicted octanol–water partition coefficient (Wildman–Crippen LogP) is 2.22. The molecule has 0 saturated carbocycles. The maximum absolute atomic E-state index is 12.3. The summed E-state index contributed by atoms with van der Waals surface area (Å²) in [5.41, 5.74) is 0. The summed E-state index contributed by atoms with van der Waals surface area (Å²) in [4.78, 5) is 36.5. The molecule has 25 heavy (non-hydrogen) atoms. The zero-order valence-electron chi connectivity index (χ0n) is 15.6. The zero-order chi connectivity index (χ0) is 18.7. The molecule has 1 rings (SSSR count). The Hall–Kier alpha value is -1.79. The molecule has 0 radical (unpaired) electrons. The summed E-state index contributed by atoms with van der Waals surface area (Å²) in [7, 11) is 0. The van der Waals surface area contributed by atoms with Gasteiger partial charge < -0.3 is 20.6 Å². The van der Waals surface area contributed by atoms with Crippen molar-refractivity contribution in [2.24, 2.45) is 11.8 Å². The Morgan fingerprint density at radius 1 is 1.12 bits per heavy atom. The summed E-state index contributed by atoms with van der Waals surface area (Å²) >= 11 is 0. The van der Waals surface area contributed by atoms with Crippen LogP contribution in [0.3, 0.4) is 0 Å². The molecule has 1 fully saturated rings. The van der Waals surface area contributed by atoms with Crippen molar-refractivity contribution in [3.8, 4) is 0 Å². The number of carboxylic acids is 1. The number of rotatable bonds is 10. The van der Waals surface area contributed by atoms with Crippen LogP contribution in [0.2, 0.25) is 0 Å². The van der Waals surface area contributed by atoms with E-state index in [0.29, 0.717) is 38.5 Å². The lowest BCUT2D eigenvalue weighted by atomic mass is 9.97. The molecule has 7 nitrogen and oxygen atoms in total. The fourth-order valence-corrected chi connectivity index (χ4v) is 2.89. The quantitative estimate of drug-likeness (QED) is 0.523. The number of likely N-dealkylation sites (tertiary alicyclic amines) is 1. The van der Waals surface area contributed by atoms with E-state index in [1.165, 1.54) is 0 Å². The van der Waals surface area contributed by atoms with Crippen LogP contribution in [0.1, 0.15) is 58.8 Å². The molecule has 1 heterocycles. The lowest BCUT2D eigenvalue weighted by Crippen LogP contribution is -2.49. The van der Waals surface area contributed by atoms with E-state index in [-0.39, 0.29) is 24.3 Å². The number of carbonyl (C=O) groups excluding carboxylic acids is 2. The second kappa shape index (κ2) is 11.7. The first-order chi connectivity index (χ1) is 11.9. The van der Waals surface area contributed by atoms with Crippen LogP contribution in [0.5, 0.6) is 0 Å². The van der Waals surface area contributed by atoms with Gasteiger partial charge in [-0.05, 0) is 31.6 Å². The van der Waals surface area contributed by atoms with Crippen molar-refractivity contribution in [1.29, 1.82) is 0 Å². The van der Waals surface area contributed by atoms with Crippen molar-refractivity contribution < 1.29 is 19.5 Å². The second-order valence-corrected chi connectivity index (χ2v) is 7.21. The van der Waals surface area contributed by atoms with Gasteiger partial charge in [0, 0.05) is 32.6 Å². The minimum absolute atomic E-state index is 0.0203. The molecule has 3 N–H and O–H groups in total. The molecule has 3 amide bonds. The topological polar surface area (TPSA) is 98.7 Å². The van der Waals surface area contributed by atoms with Crippen molar-refractivity contribution in [2.75, 3.05) is 26.2 Å². The van der Waals surface area contributed by atoms with Gasteiger partial charge in [-0.2, -0.15) is 0 Å². The van der Waals surface area contributed by atoms with Crippen molar-refractivity contribution in [1.82, 2.24) is 15.5 Å². The molecule has 0 aromatic carbocycles. The Bertz CT molecular complexity index is 440. The van der Waals surface area contributed by atoms with Gasteiger partial charge in [-0.1, -0.05) is 26.7 Å². The average molecular weight is 355 g/mol. The average Bonchev–Trinajstić information content (AvgIpc) is 2.58. The van der Waals surface area contributed by atoms with Crippen molar-refractivity contribution in [2.45, 2.75) is 58.8 Å². The highest BCUT2D eigenvalue weighted by molar-refractivity contribution is 5.80. The Morgan fingerprint density at radius 3 is 2.52 bits per heavy atom. The SMILES string of the molecule is CC(C)CNC(=O)N1CCCC(C(=O)NCCCCCCC(=O)O)C1. The number of hydrogen-bond donors (Lipinski definition) is 3. The third kappa shape index (κ3) is 9.31. The van der Waals surface area contributed by atoms with Gasteiger partial charge in [-0.15, -0.1) is 0 Å². The van der Waals surface area contributed by atoms with E-state index in [2.05, 4.69) is 24.5 Å². The van der Waals surface area contributed by atoms with Crippen molar-refractivity contribution in [3.63, 3.8) is 0 Å². The second-order valence-electron chi connectivity index (χ2n) is 7.21. The first-order valence-corrected chi connectivity index (χ1v) is 9.42. The molecule has 0 spiro atoms. The van der Waals surface area contributed by atoms with E-state index in [0.717, 1.165) is 32.1 Å². The van der Waals surface area contributed by atoms with E-state index in [1.54, 1.807) is 4.90 Å². The van der Waals surface area contributed by atoms with Crippen molar-refractivity contribution in [3.05, 3.63) is 0 Å². The largest absolute Gasteiger partial charge is 0.481 e. The van der Waals surface area contributed by atoms with Crippen LogP contribution in [0, 0.1) is 11.8 Å². The van der Waals surface area contributed by atoms with Crippen LogP contribution in [0.4, 0.5) is 4.79 Å². The van der Waals surface area contributed by atoms with Crippen LogP contribution in [0.15, 0.2) is 0 Å². The Kier molecular flexibility index (Phi) is 9.96. The standard InChI is InChI=1S/C18H33N3O4/c1-14(2)12-20-18(25)21-11-7-8-15(13-21)17(24)19-10-6-4-3-5-9-16(22)23/h14-15H,3-13H2,1-2H3,(H,19,24)(H,20,25)(H,22,23). The molecule has 0 bridgehead atoms. The summed E-state index contributed by atoms with van der Waals surface area (Å²) in [5.74, 6) is -0.464. The first kappa shape index (κ1) is 21.3. The monoisotopic (exact) mass is 355 g/mol. The number of carbonyl (C=O) groups is 3.